The van der Waals surface area contributed by atoms with Gasteiger partial charge in [-0.2, -0.15) is 11.8 Å². The summed E-state index contributed by atoms with van der Waals surface area (Å²) >= 11 is 7.95. The van der Waals surface area contributed by atoms with Crippen molar-refractivity contribution in [3.05, 3.63) is 34.3 Å². The molecule has 1 amide bonds. The van der Waals surface area contributed by atoms with Crippen LogP contribution in [-0.4, -0.2) is 24.0 Å². The first-order valence-electron chi connectivity index (χ1n) is 5.89. The van der Waals surface area contributed by atoms with Crippen LogP contribution in [0.1, 0.15) is 29.3 Å². The monoisotopic (exact) mass is 286 g/mol. The quantitative estimate of drug-likeness (QED) is 0.810. The topological polar surface area (TPSA) is 55.1 Å². The fourth-order valence-electron chi connectivity index (χ4n) is 1.62. The smallest absolute Gasteiger partial charge is 0.248 e. The summed E-state index contributed by atoms with van der Waals surface area (Å²) in [4.78, 5) is 11.0. The van der Waals surface area contributed by atoms with Crippen molar-refractivity contribution in [2.24, 2.45) is 5.73 Å². The van der Waals surface area contributed by atoms with E-state index in [1.54, 1.807) is 12.1 Å². The average molecular weight is 287 g/mol. The molecule has 0 fully saturated rings. The zero-order chi connectivity index (χ0) is 13.5. The standard InChI is InChI=1S/C13H19ClN2OS/c1-3-11(8-18-2)16-7-10-5-4-9(13(15)17)6-12(10)14/h4-6,11,16H,3,7-8H2,1-2H3,(H2,15,17). The van der Waals surface area contributed by atoms with E-state index in [0.717, 1.165) is 17.7 Å². The number of rotatable bonds is 7. The van der Waals surface area contributed by atoms with Gasteiger partial charge in [0.1, 0.15) is 0 Å². The van der Waals surface area contributed by atoms with Gasteiger partial charge in [0.05, 0.1) is 0 Å². The van der Waals surface area contributed by atoms with Crippen LogP contribution in [0.3, 0.4) is 0 Å². The largest absolute Gasteiger partial charge is 0.366 e. The van der Waals surface area contributed by atoms with Crippen LogP contribution in [0.25, 0.3) is 0 Å². The number of primary amides is 1. The molecule has 0 spiro atoms. The van der Waals surface area contributed by atoms with E-state index in [9.17, 15) is 4.79 Å². The van der Waals surface area contributed by atoms with Gasteiger partial charge < -0.3 is 11.1 Å². The van der Waals surface area contributed by atoms with E-state index in [0.29, 0.717) is 23.2 Å². The highest BCUT2D eigenvalue weighted by Gasteiger charge is 2.08. The fraction of sp³-hybridized carbons (Fsp3) is 0.462. The number of halogens is 1. The maximum Gasteiger partial charge on any atom is 0.248 e. The Morgan fingerprint density at radius 2 is 2.28 bits per heavy atom. The Labute approximate surface area is 117 Å². The number of carbonyl (C=O) groups excluding carboxylic acids is 1. The van der Waals surface area contributed by atoms with Gasteiger partial charge in [-0.3, -0.25) is 4.79 Å². The van der Waals surface area contributed by atoms with Crippen LogP contribution < -0.4 is 11.1 Å². The molecule has 1 rings (SSSR count). The van der Waals surface area contributed by atoms with E-state index < -0.39 is 5.91 Å². The van der Waals surface area contributed by atoms with Gasteiger partial charge in [0.15, 0.2) is 0 Å². The molecule has 0 bridgehead atoms. The van der Waals surface area contributed by atoms with Crippen molar-refractivity contribution in [3.8, 4) is 0 Å². The number of carbonyl (C=O) groups is 1. The number of nitrogens with two attached hydrogens (primary N) is 1. The van der Waals surface area contributed by atoms with Gasteiger partial charge in [0.25, 0.3) is 0 Å². The molecular weight excluding hydrogens is 268 g/mol. The van der Waals surface area contributed by atoms with Crippen molar-refractivity contribution in [2.75, 3.05) is 12.0 Å². The van der Waals surface area contributed by atoms with Crippen LogP contribution in [0.15, 0.2) is 18.2 Å². The molecule has 0 radical (unpaired) electrons. The Bertz CT molecular complexity index is 412. The highest BCUT2D eigenvalue weighted by Crippen LogP contribution is 2.18. The molecule has 0 saturated heterocycles. The number of hydrogen-bond acceptors (Lipinski definition) is 3. The number of nitrogens with one attached hydrogen (secondary N) is 1. The molecule has 0 aliphatic heterocycles. The lowest BCUT2D eigenvalue weighted by atomic mass is 10.1. The van der Waals surface area contributed by atoms with Gasteiger partial charge in [0, 0.05) is 28.9 Å². The summed E-state index contributed by atoms with van der Waals surface area (Å²) in [5, 5.41) is 4.04. The van der Waals surface area contributed by atoms with Crippen molar-refractivity contribution in [1.82, 2.24) is 5.32 Å². The minimum Gasteiger partial charge on any atom is -0.366 e. The van der Waals surface area contributed by atoms with E-state index in [1.807, 2.05) is 17.8 Å². The van der Waals surface area contributed by atoms with Gasteiger partial charge >= 0.3 is 0 Å². The van der Waals surface area contributed by atoms with E-state index >= 15 is 0 Å². The Hall–Kier alpha value is -0.710. The molecule has 1 aromatic rings. The minimum absolute atomic E-state index is 0.444. The number of thioether (sulfide) groups is 1. The van der Waals surface area contributed by atoms with Gasteiger partial charge in [-0.05, 0) is 30.4 Å². The Kier molecular flexibility index (Phi) is 6.54. The predicted octanol–water partition coefficient (Wildman–Crippen LogP) is 2.67. The van der Waals surface area contributed by atoms with Crippen molar-refractivity contribution in [3.63, 3.8) is 0 Å². The maximum atomic E-state index is 11.0. The third-order valence-corrected chi connectivity index (χ3v) is 3.87. The first kappa shape index (κ1) is 15.3. The second-order valence-corrected chi connectivity index (χ2v) is 5.43. The normalized spacial score (nSPS) is 12.4. The molecule has 18 heavy (non-hydrogen) atoms. The summed E-state index contributed by atoms with van der Waals surface area (Å²) in [7, 11) is 0. The molecule has 0 saturated carbocycles. The number of amides is 1. The molecule has 3 nitrogen and oxygen atoms in total. The lowest BCUT2D eigenvalue weighted by Crippen LogP contribution is -2.30. The van der Waals surface area contributed by atoms with Crippen molar-refractivity contribution < 1.29 is 4.79 Å². The molecule has 1 aromatic carbocycles. The zero-order valence-electron chi connectivity index (χ0n) is 10.7. The highest BCUT2D eigenvalue weighted by atomic mass is 35.5. The summed E-state index contributed by atoms with van der Waals surface area (Å²) in [6.45, 7) is 2.86. The average Bonchev–Trinajstić information content (AvgIpc) is 2.35. The van der Waals surface area contributed by atoms with E-state index in [1.165, 1.54) is 0 Å². The van der Waals surface area contributed by atoms with Crippen molar-refractivity contribution in [2.45, 2.75) is 25.9 Å². The van der Waals surface area contributed by atoms with Crippen molar-refractivity contribution in [1.29, 1.82) is 0 Å². The Morgan fingerprint density at radius 1 is 1.56 bits per heavy atom. The van der Waals surface area contributed by atoms with Crippen LogP contribution in [-0.2, 0) is 6.54 Å². The first-order valence-corrected chi connectivity index (χ1v) is 7.66. The van der Waals surface area contributed by atoms with Gasteiger partial charge in [-0.15, -0.1) is 0 Å². The van der Waals surface area contributed by atoms with Gasteiger partial charge in [-0.1, -0.05) is 24.6 Å². The summed E-state index contributed by atoms with van der Waals surface area (Å²) in [6.07, 6.45) is 3.18. The maximum absolute atomic E-state index is 11.0. The Balaban J connectivity index is 2.65. The van der Waals surface area contributed by atoms with Crippen molar-refractivity contribution >= 4 is 29.3 Å². The molecule has 0 aliphatic carbocycles. The van der Waals surface area contributed by atoms with E-state index in [-0.39, 0.29) is 0 Å². The van der Waals surface area contributed by atoms with Crippen LogP contribution in [0.2, 0.25) is 5.02 Å². The van der Waals surface area contributed by atoms with Crippen LogP contribution in [0, 0.1) is 0 Å². The van der Waals surface area contributed by atoms with E-state index in [4.69, 9.17) is 17.3 Å². The molecule has 0 aliphatic rings. The molecule has 1 atom stereocenters. The SMILES string of the molecule is CCC(CSC)NCc1ccc(C(N)=O)cc1Cl. The summed E-state index contributed by atoms with van der Waals surface area (Å²) in [6, 6.07) is 5.66. The van der Waals surface area contributed by atoms with Crippen LogP contribution in [0.5, 0.6) is 0 Å². The lowest BCUT2D eigenvalue weighted by Gasteiger charge is -2.16. The number of benzene rings is 1. The minimum atomic E-state index is -0.453. The molecule has 5 heteroatoms. The molecule has 0 aromatic heterocycles. The van der Waals surface area contributed by atoms with E-state index in [2.05, 4.69) is 18.5 Å². The summed E-state index contributed by atoms with van der Waals surface area (Å²) < 4.78 is 0. The second-order valence-electron chi connectivity index (χ2n) is 4.11. The predicted molar refractivity (Wildman–Crippen MR) is 79.3 cm³/mol. The molecule has 100 valence electrons. The molecular formula is C13H19ClN2OS. The van der Waals surface area contributed by atoms with Gasteiger partial charge in [-0.25, -0.2) is 0 Å². The van der Waals surface area contributed by atoms with Crippen LogP contribution in [0.4, 0.5) is 0 Å². The van der Waals surface area contributed by atoms with Gasteiger partial charge in [0.2, 0.25) is 5.91 Å². The number of hydrogen-bond donors (Lipinski definition) is 2. The van der Waals surface area contributed by atoms with Crippen LogP contribution >= 0.6 is 23.4 Å². The third-order valence-electron chi connectivity index (χ3n) is 2.78. The highest BCUT2D eigenvalue weighted by molar-refractivity contribution is 7.98. The third kappa shape index (κ3) is 4.52. The zero-order valence-corrected chi connectivity index (χ0v) is 12.3. The molecule has 0 heterocycles. The summed E-state index contributed by atoms with van der Waals surface area (Å²) in [5.74, 6) is 0.623. The second kappa shape index (κ2) is 7.67. The summed E-state index contributed by atoms with van der Waals surface area (Å²) in [5.41, 5.74) is 6.63. The molecule has 1 unspecified atom stereocenters. The fourth-order valence-corrected chi connectivity index (χ4v) is 2.62. The first-order chi connectivity index (χ1) is 8.58. The molecule has 3 N–H and O–H groups in total. The Morgan fingerprint density at radius 3 is 2.78 bits per heavy atom. The lowest BCUT2D eigenvalue weighted by molar-refractivity contribution is 0.100.